The van der Waals surface area contributed by atoms with Gasteiger partial charge in [-0.2, -0.15) is 0 Å². The Balaban J connectivity index is 5.18. The van der Waals surface area contributed by atoms with Gasteiger partial charge >= 0.3 is 0 Å². The lowest BCUT2D eigenvalue weighted by molar-refractivity contribution is 0.00378. The van der Waals surface area contributed by atoms with Crippen LogP contribution in [-0.2, 0) is 4.43 Å². The third kappa shape index (κ3) is 5.32. The predicted molar refractivity (Wildman–Crippen MR) is 88.3 cm³/mol. The van der Waals surface area contributed by atoms with Crippen LogP contribution in [-0.4, -0.2) is 37.3 Å². The zero-order valence-corrected chi connectivity index (χ0v) is 15.5. The molecular formula is C16H34O3Si. The lowest BCUT2D eigenvalue weighted by Crippen LogP contribution is -2.49. The molecule has 0 heterocycles. The minimum Gasteiger partial charge on any atom is -0.413 e. The lowest BCUT2D eigenvalue weighted by Gasteiger charge is -2.43. The fraction of sp³-hybridized carbons (Fsp3) is 0.875. The van der Waals surface area contributed by atoms with E-state index in [0.717, 1.165) is 0 Å². The van der Waals surface area contributed by atoms with E-state index < -0.39 is 14.4 Å². The van der Waals surface area contributed by atoms with Gasteiger partial charge in [0.25, 0.3) is 0 Å². The molecule has 0 saturated carbocycles. The Morgan fingerprint density at radius 3 is 2.05 bits per heavy atom. The van der Waals surface area contributed by atoms with Crippen LogP contribution in [0.1, 0.15) is 41.5 Å². The molecule has 20 heavy (non-hydrogen) atoms. The van der Waals surface area contributed by atoms with Gasteiger partial charge in [-0.3, -0.25) is 0 Å². The summed E-state index contributed by atoms with van der Waals surface area (Å²) in [4.78, 5) is 0. The molecule has 4 atom stereocenters. The number of rotatable bonds is 7. The summed E-state index contributed by atoms with van der Waals surface area (Å²) in [6.45, 7) is 17.0. The standard InChI is InChI=1S/C16H34O3Si/c1-9-10-14(18)13(3)15(12(2)11-17)19-20(7,8)16(4,5)6/h9-10,12-15,17-18H,11H2,1-8H3/t12?,13?,14-,15+/m1/s1. The van der Waals surface area contributed by atoms with E-state index in [1.165, 1.54) is 0 Å². The molecule has 0 spiro atoms. The molecule has 120 valence electrons. The number of aliphatic hydroxyl groups is 2. The Hall–Kier alpha value is -0.163. The van der Waals surface area contributed by atoms with E-state index >= 15 is 0 Å². The van der Waals surface area contributed by atoms with Crippen LogP contribution in [0, 0.1) is 11.8 Å². The maximum absolute atomic E-state index is 10.2. The van der Waals surface area contributed by atoms with Crippen LogP contribution in [0.15, 0.2) is 12.2 Å². The number of aliphatic hydroxyl groups excluding tert-OH is 2. The van der Waals surface area contributed by atoms with Gasteiger partial charge in [0, 0.05) is 18.4 Å². The molecule has 2 unspecified atom stereocenters. The van der Waals surface area contributed by atoms with Gasteiger partial charge in [-0.05, 0) is 25.1 Å². The maximum atomic E-state index is 10.2. The number of hydrogen-bond donors (Lipinski definition) is 2. The monoisotopic (exact) mass is 302 g/mol. The van der Waals surface area contributed by atoms with E-state index in [-0.39, 0.29) is 29.6 Å². The topological polar surface area (TPSA) is 49.7 Å². The summed E-state index contributed by atoms with van der Waals surface area (Å²) in [7, 11) is -1.92. The van der Waals surface area contributed by atoms with Crippen molar-refractivity contribution < 1.29 is 14.6 Å². The van der Waals surface area contributed by atoms with E-state index in [0.29, 0.717) is 0 Å². The van der Waals surface area contributed by atoms with Crippen LogP contribution in [0.25, 0.3) is 0 Å². The minimum atomic E-state index is -1.92. The normalized spacial score (nSPS) is 19.9. The molecule has 4 heteroatoms. The van der Waals surface area contributed by atoms with Crippen molar-refractivity contribution in [2.45, 2.75) is 71.9 Å². The van der Waals surface area contributed by atoms with Gasteiger partial charge in [-0.15, -0.1) is 0 Å². The van der Waals surface area contributed by atoms with Crippen molar-refractivity contribution in [3.63, 3.8) is 0 Å². The largest absolute Gasteiger partial charge is 0.413 e. The van der Waals surface area contributed by atoms with Crippen molar-refractivity contribution in [1.82, 2.24) is 0 Å². The molecule has 2 N–H and O–H groups in total. The van der Waals surface area contributed by atoms with Crippen LogP contribution in [0.4, 0.5) is 0 Å². The summed E-state index contributed by atoms with van der Waals surface area (Å²) >= 11 is 0. The Kier molecular flexibility index (Phi) is 7.67. The van der Waals surface area contributed by atoms with Crippen molar-refractivity contribution in [2.24, 2.45) is 11.8 Å². The maximum Gasteiger partial charge on any atom is 0.192 e. The van der Waals surface area contributed by atoms with Gasteiger partial charge in [0.15, 0.2) is 8.32 Å². The smallest absolute Gasteiger partial charge is 0.192 e. The van der Waals surface area contributed by atoms with Crippen molar-refractivity contribution in [2.75, 3.05) is 6.61 Å². The molecule has 0 fully saturated rings. The second kappa shape index (κ2) is 7.73. The van der Waals surface area contributed by atoms with E-state index in [1.54, 1.807) is 6.08 Å². The fourth-order valence-electron chi connectivity index (χ4n) is 1.93. The van der Waals surface area contributed by atoms with E-state index in [1.807, 2.05) is 26.8 Å². The molecule has 0 aliphatic carbocycles. The molecule has 0 rings (SSSR count). The van der Waals surface area contributed by atoms with Gasteiger partial charge in [0.05, 0.1) is 12.2 Å². The summed E-state index contributed by atoms with van der Waals surface area (Å²) in [5, 5.41) is 19.8. The Morgan fingerprint density at radius 1 is 1.20 bits per heavy atom. The first kappa shape index (κ1) is 19.8. The summed E-state index contributed by atoms with van der Waals surface area (Å²) < 4.78 is 6.47. The summed E-state index contributed by atoms with van der Waals surface area (Å²) in [5.41, 5.74) is 0. The third-order valence-electron chi connectivity index (χ3n) is 4.53. The molecule has 0 aromatic carbocycles. The molecule has 0 aromatic rings. The zero-order chi connectivity index (χ0) is 16.1. The highest BCUT2D eigenvalue weighted by Crippen LogP contribution is 2.39. The molecule has 0 radical (unpaired) electrons. The molecule has 3 nitrogen and oxygen atoms in total. The van der Waals surface area contributed by atoms with Gasteiger partial charge in [0.1, 0.15) is 0 Å². The molecule has 0 saturated heterocycles. The highest BCUT2D eigenvalue weighted by atomic mass is 28.4. The SMILES string of the molecule is CC=C[C@@H](O)C(C)[C@@H](O[Si](C)(C)C(C)(C)C)C(C)CO. The van der Waals surface area contributed by atoms with Crippen molar-refractivity contribution in [3.8, 4) is 0 Å². The summed E-state index contributed by atoms with van der Waals surface area (Å²) in [6, 6.07) is 0. The minimum absolute atomic E-state index is 0.0130. The molecule has 0 aliphatic rings. The Morgan fingerprint density at radius 2 is 1.70 bits per heavy atom. The summed E-state index contributed by atoms with van der Waals surface area (Å²) in [6.07, 6.45) is 2.97. The number of allylic oxidation sites excluding steroid dienone is 1. The third-order valence-corrected chi connectivity index (χ3v) is 9.01. The number of hydrogen-bond acceptors (Lipinski definition) is 3. The second-order valence-electron chi connectivity index (χ2n) is 7.38. The first-order chi connectivity index (χ1) is 8.97. The highest BCUT2D eigenvalue weighted by Gasteiger charge is 2.42. The van der Waals surface area contributed by atoms with E-state index in [9.17, 15) is 10.2 Å². The molecule has 0 amide bonds. The zero-order valence-electron chi connectivity index (χ0n) is 14.5. The van der Waals surface area contributed by atoms with Gasteiger partial charge in [0.2, 0.25) is 0 Å². The average molecular weight is 303 g/mol. The van der Waals surface area contributed by atoms with E-state index in [4.69, 9.17) is 4.43 Å². The average Bonchev–Trinajstić information content (AvgIpc) is 2.33. The van der Waals surface area contributed by atoms with Crippen LogP contribution in [0.3, 0.4) is 0 Å². The molecular weight excluding hydrogens is 268 g/mol. The predicted octanol–water partition coefficient (Wildman–Crippen LogP) is 3.58. The first-order valence-electron chi connectivity index (χ1n) is 7.57. The van der Waals surface area contributed by atoms with Crippen LogP contribution < -0.4 is 0 Å². The quantitative estimate of drug-likeness (QED) is 0.558. The van der Waals surface area contributed by atoms with Gasteiger partial charge in [-0.25, -0.2) is 0 Å². The van der Waals surface area contributed by atoms with E-state index in [2.05, 4.69) is 33.9 Å². The first-order valence-corrected chi connectivity index (χ1v) is 10.5. The van der Waals surface area contributed by atoms with Crippen LogP contribution in [0.2, 0.25) is 18.1 Å². The van der Waals surface area contributed by atoms with Crippen molar-refractivity contribution >= 4 is 8.32 Å². The molecule has 0 aromatic heterocycles. The molecule has 0 aliphatic heterocycles. The Labute approximate surface area is 126 Å². The molecule has 0 bridgehead atoms. The van der Waals surface area contributed by atoms with Crippen molar-refractivity contribution in [3.05, 3.63) is 12.2 Å². The summed E-state index contributed by atoms with van der Waals surface area (Å²) in [5.74, 6) is -0.0264. The van der Waals surface area contributed by atoms with Gasteiger partial charge < -0.3 is 14.6 Å². The van der Waals surface area contributed by atoms with Crippen LogP contribution in [0.5, 0.6) is 0 Å². The van der Waals surface area contributed by atoms with Gasteiger partial charge in [-0.1, -0.05) is 46.8 Å². The fourth-order valence-corrected chi connectivity index (χ4v) is 3.41. The van der Waals surface area contributed by atoms with Crippen molar-refractivity contribution in [1.29, 1.82) is 0 Å². The Bertz CT molecular complexity index is 307. The lowest BCUT2D eigenvalue weighted by atomic mass is 9.89. The second-order valence-corrected chi connectivity index (χ2v) is 12.1. The van der Waals surface area contributed by atoms with Crippen LogP contribution >= 0.6 is 0 Å². The highest BCUT2D eigenvalue weighted by molar-refractivity contribution is 6.74.